The third-order valence-electron chi connectivity index (χ3n) is 4.96. The van der Waals surface area contributed by atoms with E-state index in [1.807, 2.05) is 6.07 Å². The molecule has 2 aromatic carbocycles. The number of nitrogens with one attached hydrogen (secondary N) is 1. The number of carbonyl (C=O) groups excluding carboxylic acids is 2. The van der Waals surface area contributed by atoms with Gasteiger partial charge in [-0.2, -0.15) is 10.4 Å². The van der Waals surface area contributed by atoms with Crippen molar-refractivity contribution >= 4 is 40.8 Å². The van der Waals surface area contributed by atoms with Crippen LogP contribution in [-0.2, 0) is 13.1 Å². The van der Waals surface area contributed by atoms with E-state index in [1.165, 1.54) is 0 Å². The van der Waals surface area contributed by atoms with Gasteiger partial charge in [-0.1, -0.05) is 23.2 Å². The molecular weight excluding hydrogens is 439 g/mol. The number of carbonyl (C=O) groups is 2. The Morgan fingerprint density at radius 2 is 1.87 bits per heavy atom. The fourth-order valence-corrected chi connectivity index (χ4v) is 3.83. The molecule has 3 N–H and O–H groups in total. The minimum atomic E-state index is -0.665. The first kappa shape index (κ1) is 20.7. The van der Waals surface area contributed by atoms with Crippen LogP contribution >= 0.6 is 23.2 Å². The Hall–Kier alpha value is -3.54. The van der Waals surface area contributed by atoms with E-state index in [2.05, 4.69) is 10.4 Å². The predicted octanol–water partition coefficient (Wildman–Crippen LogP) is 3.88. The van der Waals surface area contributed by atoms with Crippen LogP contribution in [-0.4, -0.2) is 33.2 Å². The molecule has 0 radical (unpaired) electrons. The molecule has 1 aliphatic heterocycles. The van der Waals surface area contributed by atoms with Crippen LogP contribution in [0, 0.1) is 11.3 Å². The van der Waals surface area contributed by atoms with Crippen molar-refractivity contribution in [3.05, 3.63) is 69.3 Å². The summed E-state index contributed by atoms with van der Waals surface area (Å²) in [6, 6.07) is 13.1. The van der Waals surface area contributed by atoms with Crippen LogP contribution < -0.4 is 11.1 Å². The number of nitriles is 1. The molecule has 0 bridgehead atoms. The Morgan fingerprint density at radius 1 is 1.13 bits per heavy atom. The molecule has 3 amide bonds. The van der Waals surface area contributed by atoms with Gasteiger partial charge in [-0.05, 0) is 42.5 Å². The molecule has 0 saturated heterocycles. The first-order valence-electron chi connectivity index (χ1n) is 9.28. The summed E-state index contributed by atoms with van der Waals surface area (Å²) in [5.41, 5.74) is 8.30. The van der Waals surface area contributed by atoms with Crippen LogP contribution in [0.1, 0.15) is 21.6 Å². The van der Waals surface area contributed by atoms with E-state index in [0.29, 0.717) is 51.3 Å². The molecule has 10 heteroatoms. The molecule has 8 nitrogen and oxygen atoms in total. The first-order chi connectivity index (χ1) is 14.9. The fourth-order valence-electron chi connectivity index (χ4n) is 3.45. The lowest BCUT2D eigenvalue weighted by Gasteiger charge is -2.28. The molecule has 156 valence electrons. The SMILES string of the molecule is N#Cc1ccc(NC(=O)N2CCn3nc(-c4cc(Cl)ccc4Cl)c(C(N)=O)c3C2)cc1. The average molecular weight is 455 g/mol. The fraction of sp³-hybridized carbons (Fsp3) is 0.143. The molecule has 2 heterocycles. The zero-order valence-electron chi connectivity index (χ0n) is 16.1. The highest BCUT2D eigenvalue weighted by Crippen LogP contribution is 2.34. The number of benzene rings is 2. The summed E-state index contributed by atoms with van der Waals surface area (Å²) >= 11 is 12.4. The van der Waals surface area contributed by atoms with Crippen molar-refractivity contribution in [2.24, 2.45) is 5.73 Å². The van der Waals surface area contributed by atoms with Crippen molar-refractivity contribution in [1.82, 2.24) is 14.7 Å². The van der Waals surface area contributed by atoms with Crippen molar-refractivity contribution in [2.75, 3.05) is 11.9 Å². The summed E-state index contributed by atoms with van der Waals surface area (Å²) in [7, 11) is 0. The number of hydrogen-bond donors (Lipinski definition) is 2. The summed E-state index contributed by atoms with van der Waals surface area (Å²) in [6.07, 6.45) is 0. The normalized spacial score (nSPS) is 12.7. The second kappa shape index (κ2) is 8.30. The number of anilines is 1. The molecule has 3 aromatic rings. The monoisotopic (exact) mass is 454 g/mol. The molecule has 0 atom stereocenters. The van der Waals surface area contributed by atoms with Crippen LogP contribution in [0.15, 0.2) is 42.5 Å². The quantitative estimate of drug-likeness (QED) is 0.624. The smallest absolute Gasteiger partial charge is 0.322 e. The van der Waals surface area contributed by atoms with Crippen molar-refractivity contribution in [3.8, 4) is 17.3 Å². The summed E-state index contributed by atoms with van der Waals surface area (Å²) in [5, 5.41) is 17.0. The number of nitrogens with zero attached hydrogens (tertiary/aromatic N) is 4. The minimum Gasteiger partial charge on any atom is -0.365 e. The lowest BCUT2D eigenvalue weighted by Crippen LogP contribution is -2.41. The van der Waals surface area contributed by atoms with E-state index in [4.69, 9.17) is 34.2 Å². The second-order valence-corrected chi connectivity index (χ2v) is 7.77. The first-order valence-corrected chi connectivity index (χ1v) is 10.0. The van der Waals surface area contributed by atoms with E-state index in [-0.39, 0.29) is 18.1 Å². The van der Waals surface area contributed by atoms with Crippen LogP contribution in [0.4, 0.5) is 10.5 Å². The number of primary amides is 1. The van der Waals surface area contributed by atoms with Crippen LogP contribution in [0.5, 0.6) is 0 Å². The summed E-state index contributed by atoms with van der Waals surface area (Å²) in [6.45, 7) is 0.915. The maximum atomic E-state index is 12.8. The number of urea groups is 1. The minimum absolute atomic E-state index is 0.144. The van der Waals surface area contributed by atoms with Gasteiger partial charge in [-0.15, -0.1) is 0 Å². The largest absolute Gasteiger partial charge is 0.365 e. The number of amides is 3. The van der Waals surface area contributed by atoms with Gasteiger partial charge in [0, 0.05) is 22.8 Å². The van der Waals surface area contributed by atoms with Gasteiger partial charge in [0.15, 0.2) is 0 Å². The van der Waals surface area contributed by atoms with Crippen molar-refractivity contribution in [2.45, 2.75) is 13.1 Å². The highest BCUT2D eigenvalue weighted by atomic mass is 35.5. The van der Waals surface area contributed by atoms with Gasteiger partial charge >= 0.3 is 6.03 Å². The molecule has 0 spiro atoms. The van der Waals surface area contributed by atoms with E-state index >= 15 is 0 Å². The van der Waals surface area contributed by atoms with Crippen molar-refractivity contribution in [3.63, 3.8) is 0 Å². The highest BCUT2D eigenvalue weighted by Gasteiger charge is 2.30. The molecule has 0 unspecified atom stereocenters. The number of fused-ring (bicyclic) bond motifs is 1. The van der Waals surface area contributed by atoms with Crippen molar-refractivity contribution in [1.29, 1.82) is 5.26 Å². The topological polar surface area (TPSA) is 117 Å². The van der Waals surface area contributed by atoms with Gasteiger partial charge in [-0.3, -0.25) is 9.48 Å². The highest BCUT2D eigenvalue weighted by molar-refractivity contribution is 6.35. The number of rotatable bonds is 3. The molecule has 0 aliphatic carbocycles. The molecule has 0 saturated carbocycles. The molecule has 31 heavy (non-hydrogen) atoms. The van der Waals surface area contributed by atoms with Gasteiger partial charge in [0.1, 0.15) is 5.69 Å². The average Bonchev–Trinajstić information content (AvgIpc) is 3.14. The van der Waals surface area contributed by atoms with Crippen LogP contribution in [0.25, 0.3) is 11.3 Å². The van der Waals surface area contributed by atoms with Gasteiger partial charge in [-0.25, -0.2) is 4.79 Å². The third-order valence-corrected chi connectivity index (χ3v) is 5.53. The number of halogens is 2. The summed E-state index contributed by atoms with van der Waals surface area (Å²) < 4.78 is 1.66. The maximum absolute atomic E-state index is 12.8. The zero-order valence-corrected chi connectivity index (χ0v) is 17.6. The predicted molar refractivity (Wildman–Crippen MR) is 117 cm³/mol. The molecule has 1 aliphatic rings. The van der Waals surface area contributed by atoms with E-state index in [1.54, 1.807) is 52.0 Å². The second-order valence-electron chi connectivity index (χ2n) is 6.92. The Balaban J connectivity index is 1.63. The number of nitrogens with two attached hydrogens (primary N) is 1. The standard InChI is InChI=1S/C21H16Cl2N6O2/c22-13-3-6-16(23)15(9-13)19-18(20(25)30)17-11-28(7-8-29(17)27-19)21(31)26-14-4-1-12(10-24)2-5-14/h1-6,9H,7-8,11H2,(H2,25,30)(H,26,31). The van der Waals surface area contributed by atoms with E-state index in [9.17, 15) is 9.59 Å². The van der Waals surface area contributed by atoms with Gasteiger partial charge in [0.05, 0.1) is 41.0 Å². The Morgan fingerprint density at radius 3 is 2.55 bits per heavy atom. The van der Waals surface area contributed by atoms with Gasteiger partial charge in [0.2, 0.25) is 0 Å². The van der Waals surface area contributed by atoms with Crippen LogP contribution in [0.2, 0.25) is 10.0 Å². The lowest BCUT2D eigenvalue weighted by molar-refractivity contribution is 0.0997. The molecule has 4 rings (SSSR count). The number of aromatic nitrogens is 2. The Labute approximate surface area is 187 Å². The molecular formula is C21H16Cl2N6O2. The lowest BCUT2D eigenvalue weighted by atomic mass is 10.0. The molecule has 0 fully saturated rings. The number of hydrogen-bond acceptors (Lipinski definition) is 4. The molecule has 1 aromatic heterocycles. The van der Waals surface area contributed by atoms with E-state index in [0.717, 1.165) is 0 Å². The third kappa shape index (κ3) is 4.06. The Bertz CT molecular complexity index is 1230. The van der Waals surface area contributed by atoms with Gasteiger partial charge < -0.3 is 16.0 Å². The van der Waals surface area contributed by atoms with E-state index < -0.39 is 5.91 Å². The zero-order chi connectivity index (χ0) is 22.1. The van der Waals surface area contributed by atoms with Gasteiger partial charge in [0.25, 0.3) is 5.91 Å². The maximum Gasteiger partial charge on any atom is 0.322 e. The van der Waals surface area contributed by atoms with Crippen LogP contribution in [0.3, 0.4) is 0 Å². The Kier molecular flexibility index (Phi) is 5.55. The summed E-state index contributed by atoms with van der Waals surface area (Å²) in [5.74, 6) is -0.665. The summed E-state index contributed by atoms with van der Waals surface area (Å²) in [4.78, 5) is 26.6. The van der Waals surface area contributed by atoms with Crippen molar-refractivity contribution < 1.29 is 9.59 Å².